The molecular formula is C12H15NO. The molecule has 2 heteroatoms. The molecule has 0 spiro atoms. The molecule has 1 aromatic carbocycles. The summed E-state index contributed by atoms with van der Waals surface area (Å²) >= 11 is 0. The van der Waals surface area contributed by atoms with Gasteiger partial charge in [-0.2, -0.15) is 0 Å². The second-order valence-electron chi connectivity index (χ2n) is 3.86. The largest absolute Gasteiger partial charge is 0.371 e. The monoisotopic (exact) mass is 189 g/mol. The zero-order valence-electron chi connectivity index (χ0n) is 8.49. The Hall–Kier alpha value is -1.31. The summed E-state index contributed by atoms with van der Waals surface area (Å²) in [6.45, 7) is 3.85. The van der Waals surface area contributed by atoms with Crippen LogP contribution in [0.5, 0.6) is 0 Å². The quantitative estimate of drug-likeness (QED) is 0.674. The minimum atomic E-state index is 0.397. The summed E-state index contributed by atoms with van der Waals surface area (Å²) in [5.41, 5.74) is 2.52. The predicted octanol–water partition coefficient (Wildman–Crippen LogP) is 2.16. The summed E-state index contributed by atoms with van der Waals surface area (Å²) in [6, 6.07) is 8.46. The van der Waals surface area contributed by atoms with Crippen LogP contribution >= 0.6 is 0 Å². The zero-order chi connectivity index (χ0) is 9.97. The molecule has 0 atom stereocenters. The second kappa shape index (κ2) is 3.82. The molecule has 0 aromatic heterocycles. The fraction of sp³-hybridized carbons (Fsp3) is 0.417. The van der Waals surface area contributed by atoms with E-state index in [1.807, 2.05) is 0 Å². The minimum absolute atomic E-state index is 0.397. The Morgan fingerprint density at radius 2 is 1.93 bits per heavy atom. The molecule has 1 fully saturated rings. The molecule has 2 rings (SSSR count). The van der Waals surface area contributed by atoms with Crippen molar-refractivity contribution in [3.63, 3.8) is 0 Å². The van der Waals surface area contributed by atoms with Crippen LogP contribution in [0.15, 0.2) is 24.3 Å². The molecule has 74 valence electrons. The topological polar surface area (TPSA) is 20.3 Å². The van der Waals surface area contributed by atoms with Crippen molar-refractivity contribution in [3.8, 4) is 0 Å². The van der Waals surface area contributed by atoms with Crippen molar-refractivity contribution in [2.24, 2.45) is 0 Å². The molecule has 0 N–H and O–H groups in total. The van der Waals surface area contributed by atoms with Crippen molar-refractivity contribution >= 4 is 11.5 Å². The van der Waals surface area contributed by atoms with Crippen molar-refractivity contribution in [2.45, 2.75) is 19.8 Å². The van der Waals surface area contributed by atoms with Crippen molar-refractivity contribution in [3.05, 3.63) is 29.8 Å². The van der Waals surface area contributed by atoms with Gasteiger partial charge in [-0.15, -0.1) is 0 Å². The molecule has 0 saturated carbocycles. The fourth-order valence-electron chi connectivity index (χ4n) is 1.84. The summed E-state index contributed by atoms with van der Waals surface area (Å²) in [6.07, 6.45) is 1.40. The smallest absolute Gasteiger partial charge is 0.136 e. The van der Waals surface area contributed by atoms with Gasteiger partial charge in [-0.05, 0) is 24.6 Å². The highest BCUT2D eigenvalue weighted by atomic mass is 16.1. The summed E-state index contributed by atoms with van der Waals surface area (Å²) < 4.78 is 0. The number of ketones is 1. The maximum Gasteiger partial charge on any atom is 0.136 e. The maximum absolute atomic E-state index is 11.1. The number of piperidine rings is 1. The van der Waals surface area contributed by atoms with Gasteiger partial charge in [0.05, 0.1) is 0 Å². The molecule has 0 amide bonds. The lowest BCUT2D eigenvalue weighted by Gasteiger charge is -2.28. The van der Waals surface area contributed by atoms with Crippen LogP contribution in [0.4, 0.5) is 5.69 Å². The van der Waals surface area contributed by atoms with E-state index in [2.05, 4.69) is 36.1 Å². The lowest BCUT2D eigenvalue weighted by atomic mass is 10.1. The molecule has 1 saturated heterocycles. The summed E-state index contributed by atoms with van der Waals surface area (Å²) in [7, 11) is 0. The highest BCUT2D eigenvalue weighted by molar-refractivity contribution is 5.81. The Bertz CT molecular complexity index is 336. The minimum Gasteiger partial charge on any atom is -0.371 e. The summed E-state index contributed by atoms with van der Waals surface area (Å²) in [5.74, 6) is 0.397. The summed E-state index contributed by atoms with van der Waals surface area (Å²) in [4.78, 5) is 13.4. The molecule has 0 radical (unpaired) electrons. The van der Waals surface area contributed by atoms with Gasteiger partial charge >= 0.3 is 0 Å². The van der Waals surface area contributed by atoms with Crippen LogP contribution in [0.1, 0.15) is 18.4 Å². The third-order valence-corrected chi connectivity index (χ3v) is 2.69. The number of hydrogen-bond acceptors (Lipinski definition) is 2. The first-order chi connectivity index (χ1) is 6.75. The predicted molar refractivity (Wildman–Crippen MR) is 57.6 cm³/mol. The van der Waals surface area contributed by atoms with Gasteiger partial charge in [-0.1, -0.05) is 12.1 Å². The van der Waals surface area contributed by atoms with E-state index in [0.29, 0.717) is 18.6 Å². The molecule has 1 heterocycles. The van der Waals surface area contributed by atoms with E-state index in [1.165, 1.54) is 11.3 Å². The van der Waals surface area contributed by atoms with Crippen molar-refractivity contribution in [2.75, 3.05) is 18.0 Å². The van der Waals surface area contributed by atoms with Crippen LogP contribution < -0.4 is 4.90 Å². The number of hydrogen-bond donors (Lipinski definition) is 0. The van der Waals surface area contributed by atoms with Gasteiger partial charge in [0.25, 0.3) is 0 Å². The third kappa shape index (κ3) is 1.95. The van der Waals surface area contributed by atoms with Gasteiger partial charge in [0.2, 0.25) is 0 Å². The molecular weight excluding hydrogens is 174 g/mol. The van der Waals surface area contributed by atoms with E-state index in [4.69, 9.17) is 0 Å². The first-order valence-corrected chi connectivity index (χ1v) is 5.09. The average molecular weight is 189 g/mol. The van der Waals surface area contributed by atoms with Gasteiger partial charge in [-0.3, -0.25) is 4.79 Å². The van der Waals surface area contributed by atoms with E-state index >= 15 is 0 Å². The van der Waals surface area contributed by atoms with Crippen LogP contribution in [0.3, 0.4) is 0 Å². The lowest BCUT2D eigenvalue weighted by molar-refractivity contribution is -0.119. The molecule has 0 bridgehead atoms. The maximum atomic E-state index is 11.1. The molecule has 2 nitrogen and oxygen atoms in total. The number of anilines is 1. The Morgan fingerprint density at radius 3 is 2.57 bits per heavy atom. The van der Waals surface area contributed by atoms with E-state index in [1.54, 1.807) is 0 Å². The number of benzene rings is 1. The van der Waals surface area contributed by atoms with Gasteiger partial charge in [0.1, 0.15) is 5.78 Å². The highest BCUT2D eigenvalue weighted by Crippen LogP contribution is 2.19. The molecule has 1 aliphatic rings. The van der Waals surface area contributed by atoms with Crippen LogP contribution in [0.25, 0.3) is 0 Å². The van der Waals surface area contributed by atoms with E-state index < -0.39 is 0 Å². The molecule has 14 heavy (non-hydrogen) atoms. The Balaban J connectivity index is 2.12. The number of rotatable bonds is 1. The third-order valence-electron chi connectivity index (χ3n) is 2.69. The Kier molecular flexibility index (Phi) is 2.53. The van der Waals surface area contributed by atoms with E-state index in [9.17, 15) is 4.79 Å². The average Bonchev–Trinajstić information content (AvgIpc) is 2.19. The van der Waals surface area contributed by atoms with Crippen molar-refractivity contribution in [1.82, 2.24) is 0 Å². The number of nitrogens with zero attached hydrogens (tertiary/aromatic N) is 1. The number of aryl methyl sites for hydroxylation is 1. The van der Waals surface area contributed by atoms with Gasteiger partial charge in [-0.25, -0.2) is 0 Å². The van der Waals surface area contributed by atoms with Crippen LogP contribution in [-0.4, -0.2) is 18.9 Å². The molecule has 1 aliphatic heterocycles. The van der Waals surface area contributed by atoms with Crippen LogP contribution in [0, 0.1) is 6.92 Å². The van der Waals surface area contributed by atoms with Gasteiger partial charge < -0.3 is 4.90 Å². The van der Waals surface area contributed by atoms with E-state index in [0.717, 1.165) is 13.1 Å². The molecule has 0 unspecified atom stereocenters. The normalized spacial score (nSPS) is 17.2. The molecule has 0 aliphatic carbocycles. The Morgan fingerprint density at radius 1 is 1.21 bits per heavy atom. The standard InChI is InChI=1S/C12H15NO/c1-10-3-2-4-11(9-10)13-7-5-12(14)6-8-13/h2-4,9H,5-8H2,1H3. The first-order valence-electron chi connectivity index (χ1n) is 5.09. The van der Waals surface area contributed by atoms with Crippen molar-refractivity contribution in [1.29, 1.82) is 0 Å². The SMILES string of the molecule is Cc1cccc(N2CCC(=O)CC2)c1. The fourth-order valence-corrected chi connectivity index (χ4v) is 1.84. The number of Topliss-reactive ketones (excluding diaryl/α,β-unsaturated/α-hetero) is 1. The second-order valence-corrected chi connectivity index (χ2v) is 3.86. The molecule has 1 aromatic rings. The first kappa shape index (κ1) is 9.25. The van der Waals surface area contributed by atoms with Gasteiger partial charge in [0.15, 0.2) is 0 Å². The number of carbonyl (C=O) groups excluding carboxylic acids is 1. The highest BCUT2D eigenvalue weighted by Gasteiger charge is 2.15. The number of carbonyl (C=O) groups is 1. The van der Waals surface area contributed by atoms with Gasteiger partial charge in [0, 0.05) is 31.6 Å². The van der Waals surface area contributed by atoms with Crippen LogP contribution in [0.2, 0.25) is 0 Å². The zero-order valence-corrected chi connectivity index (χ0v) is 8.49. The Labute approximate surface area is 84.5 Å². The van der Waals surface area contributed by atoms with E-state index in [-0.39, 0.29) is 0 Å². The van der Waals surface area contributed by atoms with Crippen LogP contribution in [-0.2, 0) is 4.79 Å². The lowest BCUT2D eigenvalue weighted by Crippen LogP contribution is -2.33. The summed E-state index contributed by atoms with van der Waals surface area (Å²) in [5, 5.41) is 0. The van der Waals surface area contributed by atoms with Crippen molar-refractivity contribution < 1.29 is 4.79 Å².